The molecule has 2 atom stereocenters. The maximum atomic E-state index is 10.7. The Labute approximate surface area is 294 Å². The minimum atomic E-state index is -0.0311. The van der Waals surface area contributed by atoms with Gasteiger partial charge in [-0.05, 0) is 110 Å². The fourth-order valence-electron chi connectivity index (χ4n) is 8.10. The Bertz CT molecular complexity index is 1940. The van der Waals surface area contributed by atoms with Crippen LogP contribution in [0, 0.1) is 0 Å². The molecule has 10 heteroatoms. The number of ether oxygens (including phenoxy) is 7. The second-order valence-corrected chi connectivity index (χ2v) is 13.2. The van der Waals surface area contributed by atoms with Crippen molar-refractivity contribution in [2.45, 2.75) is 37.8 Å². The summed E-state index contributed by atoms with van der Waals surface area (Å²) in [5.41, 5.74) is 8.93. The lowest BCUT2D eigenvalue weighted by atomic mass is 9.76. The smallest absolute Gasteiger partial charge is 0.204 e. The SMILES string of the molecule is COc1cc2c(cc1O)[C@H](Cc1ccc(OC)c(OC)c1Oc1cc3c(cc1OC)-c1c(OC)c(OC)cc4c1[C@H](C3)N(C)CC4)N(C)CC2. The number of rotatable bonds is 10. The molecule has 2 heterocycles. The first-order chi connectivity index (χ1) is 24.2. The van der Waals surface area contributed by atoms with Gasteiger partial charge in [-0.3, -0.25) is 9.80 Å². The molecule has 0 bridgehead atoms. The number of methoxy groups -OCH3 is 6. The summed E-state index contributed by atoms with van der Waals surface area (Å²) in [7, 11) is 14.2. The Morgan fingerprint density at radius 2 is 1.30 bits per heavy atom. The first kappa shape index (κ1) is 33.7. The van der Waals surface area contributed by atoms with Crippen LogP contribution in [0.3, 0.4) is 0 Å². The second-order valence-electron chi connectivity index (χ2n) is 13.2. The average Bonchev–Trinajstić information content (AvgIpc) is 3.13. The summed E-state index contributed by atoms with van der Waals surface area (Å²) in [6.07, 6.45) is 3.20. The zero-order chi connectivity index (χ0) is 35.3. The third kappa shape index (κ3) is 5.51. The number of phenols is 1. The molecule has 0 radical (unpaired) electrons. The van der Waals surface area contributed by atoms with Gasteiger partial charge in [-0.15, -0.1) is 0 Å². The van der Waals surface area contributed by atoms with Crippen molar-refractivity contribution in [3.05, 3.63) is 75.8 Å². The van der Waals surface area contributed by atoms with E-state index < -0.39 is 0 Å². The fourth-order valence-corrected chi connectivity index (χ4v) is 8.10. The van der Waals surface area contributed by atoms with Gasteiger partial charge in [-0.2, -0.15) is 0 Å². The summed E-state index contributed by atoms with van der Waals surface area (Å²) >= 11 is 0. The summed E-state index contributed by atoms with van der Waals surface area (Å²) in [5.74, 6) is 4.82. The molecule has 10 nitrogen and oxygen atoms in total. The summed E-state index contributed by atoms with van der Waals surface area (Å²) in [6, 6.07) is 14.1. The van der Waals surface area contributed by atoms with Gasteiger partial charge >= 0.3 is 0 Å². The van der Waals surface area contributed by atoms with Gasteiger partial charge < -0.3 is 38.3 Å². The van der Waals surface area contributed by atoms with Gasteiger partial charge in [-0.1, -0.05) is 6.07 Å². The number of hydrogen-bond donors (Lipinski definition) is 1. The average molecular weight is 683 g/mol. The summed E-state index contributed by atoms with van der Waals surface area (Å²) in [4.78, 5) is 4.72. The van der Waals surface area contributed by atoms with E-state index in [4.69, 9.17) is 33.2 Å². The number of phenolic OH excluding ortho intramolecular Hbond substituents is 1. The molecular weight excluding hydrogens is 636 g/mol. The maximum Gasteiger partial charge on any atom is 0.204 e. The minimum absolute atomic E-state index is 0.0311. The molecule has 7 rings (SSSR count). The largest absolute Gasteiger partial charge is 0.504 e. The molecule has 0 spiro atoms. The van der Waals surface area contributed by atoms with E-state index >= 15 is 0 Å². The number of aromatic hydroxyl groups is 1. The molecule has 50 heavy (non-hydrogen) atoms. The Morgan fingerprint density at radius 1 is 0.640 bits per heavy atom. The Balaban J connectivity index is 1.35. The van der Waals surface area contributed by atoms with Crippen LogP contribution in [0.4, 0.5) is 0 Å². The van der Waals surface area contributed by atoms with Crippen molar-refractivity contribution >= 4 is 0 Å². The van der Waals surface area contributed by atoms with Crippen LogP contribution in [0.2, 0.25) is 0 Å². The Hall–Kier alpha value is -4.80. The predicted molar refractivity (Wildman–Crippen MR) is 191 cm³/mol. The van der Waals surface area contributed by atoms with E-state index in [1.807, 2.05) is 24.3 Å². The van der Waals surface area contributed by atoms with Crippen molar-refractivity contribution in [2.24, 2.45) is 0 Å². The van der Waals surface area contributed by atoms with Crippen LogP contribution in [0.1, 0.15) is 45.5 Å². The summed E-state index contributed by atoms with van der Waals surface area (Å²) in [6.45, 7) is 1.82. The molecular formula is C40H46N2O8. The zero-order valence-electron chi connectivity index (χ0n) is 30.1. The molecule has 264 valence electrons. The zero-order valence-corrected chi connectivity index (χ0v) is 30.1. The van der Waals surface area contributed by atoms with Crippen LogP contribution in [-0.2, 0) is 25.7 Å². The lowest BCUT2D eigenvalue weighted by molar-refractivity contribution is 0.226. The lowest BCUT2D eigenvalue weighted by Gasteiger charge is -2.40. The molecule has 4 aromatic rings. The van der Waals surface area contributed by atoms with Crippen molar-refractivity contribution in [3.63, 3.8) is 0 Å². The van der Waals surface area contributed by atoms with Crippen molar-refractivity contribution in [1.82, 2.24) is 9.80 Å². The molecule has 0 amide bonds. The van der Waals surface area contributed by atoms with E-state index in [2.05, 4.69) is 42.1 Å². The maximum absolute atomic E-state index is 10.7. The Morgan fingerprint density at radius 3 is 2.00 bits per heavy atom. The summed E-state index contributed by atoms with van der Waals surface area (Å²) in [5, 5.41) is 10.7. The van der Waals surface area contributed by atoms with Gasteiger partial charge in [0.05, 0.1) is 42.7 Å². The van der Waals surface area contributed by atoms with Gasteiger partial charge in [0.1, 0.15) is 0 Å². The van der Waals surface area contributed by atoms with Crippen molar-refractivity contribution in [1.29, 1.82) is 0 Å². The topological polar surface area (TPSA) is 91.3 Å². The predicted octanol–water partition coefficient (Wildman–Crippen LogP) is 6.76. The molecule has 0 aromatic heterocycles. The van der Waals surface area contributed by atoms with Crippen molar-refractivity contribution in [3.8, 4) is 62.9 Å². The Kier molecular flexibility index (Phi) is 9.09. The van der Waals surface area contributed by atoms with Crippen LogP contribution in [0.15, 0.2) is 42.5 Å². The third-order valence-corrected chi connectivity index (χ3v) is 10.7. The summed E-state index contributed by atoms with van der Waals surface area (Å²) < 4.78 is 42.0. The number of nitrogens with zero attached hydrogens (tertiary/aromatic N) is 2. The number of likely N-dealkylation sites (N-methyl/N-ethyl adjacent to an activating group) is 2. The first-order valence-corrected chi connectivity index (χ1v) is 17.0. The molecule has 1 N–H and O–H groups in total. The van der Waals surface area contributed by atoms with Crippen molar-refractivity contribution in [2.75, 3.05) is 69.8 Å². The molecule has 1 aliphatic carbocycles. The number of benzene rings is 4. The quantitative estimate of drug-likeness (QED) is 0.194. The van der Waals surface area contributed by atoms with Crippen LogP contribution < -0.4 is 33.2 Å². The van der Waals surface area contributed by atoms with E-state index in [9.17, 15) is 5.11 Å². The third-order valence-electron chi connectivity index (χ3n) is 10.7. The van der Waals surface area contributed by atoms with Crippen molar-refractivity contribution < 1.29 is 38.3 Å². The molecule has 4 aromatic carbocycles. The van der Waals surface area contributed by atoms with Crippen LogP contribution in [-0.4, -0.2) is 84.7 Å². The molecule has 2 aliphatic heterocycles. The van der Waals surface area contributed by atoms with Gasteiger partial charge in [0.2, 0.25) is 5.75 Å². The normalized spacial score (nSPS) is 18.0. The second kappa shape index (κ2) is 13.5. The monoisotopic (exact) mass is 682 g/mol. The van der Waals surface area contributed by atoms with Crippen LogP contribution in [0.25, 0.3) is 11.1 Å². The first-order valence-electron chi connectivity index (χ1n) is 17.0. The lowest BCUT2D eigenvalue weighted by Crippen LogP contribution is -2.35. The number of hydrogen-bond acceptors (Lipinski definition) is 10. The van der Waals surface area contributed by atoms with E-state index in [0.717, 1.165) is 77.2 Å². The highest BCUT2D eigenvalue weighted by atomic mass is 16.5. The highest BCUT2D eigenvalue weighted by Crippen LogP contribution is 2.55. The molecule has 0 saturated heterocycles. The van der Waals surface area contributed by atoms with Gasteiger partial charge in [-0.25, -0.2) is 0 Å². The number of fused-ring (bicyclic) bond motifs is 3. The van der Waals surface area contributed by atoms with E-state index in [1.54, 1.807) is 42.7 Å². The molecule has 0 saturated carbocycles. The highest BCUT2D eigenvalue weighted by molar-refractivity contribution is 5.85. The molecule has 0 unspecified atom stereocenters. The molecule has 0 fully saturated rings. The fraction of sp³-hybridized carbons (Fsp3) is 0.400. The standard InChI is InChI=1S/C40H46N2O8/c1-41-13-11-22-17-32(45-4)30(43)20-26(22)28(41)15-24-9-10-31(44-3)40(49-8)38(24)50-34-19-25-16-29-36-23(12-14-42(29)2)18-35(47-6)39(48-7)37(36)27(25)21-33(34)46-5/h9-10,17-21,28-29,43H,11-16H2,1-8H3/t28-,29-/m0/s1. The van der Waals surface area contributed by atoms with E-state index in [0.29, 0.717) is 40.9 Å². The highest BCUT2D eigenvalue weighted by Gasteiger charge is 2.37. The van der Waals surface area contributed by atoms with Crippen LogP contribution >= 0.6 is 0 Å². The van der Waals surface area contributed by atoms with E-state index in [1.165, 1.54) is 11.1 Å². The molecule has 3 aliphatic rings. The van der Waals surface area contributed by atoms with Gasteiger partial charge in [0.15, 0.2) is 46.0 Å². The minimum Gasteiger partial charge on any atom is -0.504 e. The van der Waals surface area contributed by atoms with Crippen LogP contribution in [0.5, 0.6) is 51.7 Å². The van der Waals surface area contributed by atoms with E-state index in [-0.39, 0.29) is 17.8 Å². The van der Waals surface area contributed by atoms with Gasteiger partial charge in [0.25, 0.3) is 0 Å². The van der Waals surface area contributed by atoms with Gasteiger partial charge in [0, 0.05) is 36.3 Å².